The van der Waals surface area contributed by atoms with Crippen molar-refractivity contribution in [2.24, 2.45) is 0 Å². The minimum atomic E-state index is -0.807. The van der Waals surface area contributed by atoms with Crippen LogP contribution in [0.2, 0.25) is 0 Å². The summed E-state index contributed by atoms with van der Waals surface area (Å²) < 4.78 is 10.2. The molecule has 2 aromatic rings. The number of nitrogens with one attached hydrogen (secondary N) is 2. The molecule has 9 heteroatoms. The minimum absolute atomic E-state index is 0.00979. The number of para-hydroxylation sites is 1. The maximum Gasteiger partial charge on any atom is 0.338 e. The summed E-state index contributed by atoms with van der Waals surface area (Å²) in [5.74, 6) is -0.665. The van der Waals surface area contributed by atoms with Crippen LogP contribution in [0.1, 0.15) is 28.8 Å². The second kappa shape index (κ2) is 9.05. The van der Waals surface area contributed by atoms with E-state index in [1.54, 1.807) is 6.07 Å². The van der Waals surface area contributed by atoms with Gasteiger partial charge in [-0.1, -0.05) is 18.2 Å². The van der Waals surface area contributed by atoms with E-state index in [4.69, 9.17) is 9.47 Å². The van der Waals surface area contributed by atoms with Crippen LogP contribution < -0.4 is 15.4 Å². The highest BCUT2D eigenvalue weighted by atomic mass is 16.6. The molecule has 0 spiro atoms. The van der Waals surface area contributed by atoms with Crippen molar-refractivity contribution in [3.05, 3.63) is 63.7 Å². The first-order valence-corrected chi connectivity index (χ1v) is 9.08. The standard InChI is InChI=1S/C20H21N3O6/c1-28-18-5-3-2-4-14(18)11-21-19(24)12-29-20(25)13-6-9-16(22-15-7-8-15)17(10-13)23(26)27/h2-6,9-10,15,22H,7-8,11-12H2,1H3,(H,21,24). The minimum Gasteiger partial charge on any atom is -0.496 e. The molecule has 29 heavy (non-hydrogen) atoms. The molecule has 1 aliphatic rings. The number of nitro benzene ring substituents is 1. The molecule has 1 amide bonds. The molecule has 0 radical (unpaired) electrons. The van der Waals surface area contributed by atoms with E-state index in [0.717, 1.165) is 24.5 Å². The van der Waals surface area contributed by atoms with Gasteiger partial charge in [0.05, 0.1) is 17.6 Å². The van der Waals surface area contributed by atoms with Gasteiger partial charge in [0.15, 0.2) is 6.61 Å². The number of rotatable bonds is 9. The van der Waals surface area contributed by atoms with Crippen LogP contribution in [0, 0.1) is 10.1 Å². The zero-order chi connectivity index (χ0) is 20.8. The molecule has 2 aromatic carbocycles. The first-order chi connectivity index (χ1) is 14.0. The lowest BCUT2D eigenvalue weighted by atomic mass is 10.1. The highest BCUT2D eigenvalue weighted by Gasteiger charge is 2.26. The van der Waals surface area contributed by atoms with Crippen molar-refractivity contribution in [1.29, 1.82) is 0 Å². The Labute approximate surface area is 167 Å². The molecule has 0 heterocycles. The molecule has 152 valence electrons. The smallest absolute Gasteiger partial charge is 0.338 e. The Kier molecular flexibility index (Phi) is 6.28. The lowest BCUT2D eigenvalue weighted by Crippen LogP contribution is -2.28. The molecule has 1 fully saturated rings. The Morgan fingerprint density at radius 3 is 2.66 bits per heavy atom. The van der Waals surface area contributed by atoms with E-state index in [1.807, 2.05) is 18.2 Å². The third-order valence-electron chi connectivity index (χ3n) is 4.37. The molecule has 3 rings (SSSR count). The number of carbonyl (C=O) groups excluding carboxylic acids is 2. The number of nitro groups is 1. The van der Waals surface area contributed by atoms with Crippen molar-refractivity contribution in [1.82, 2.24) is 5.32 Å². The Bertz CT molecular complexity index is 926. The lowest BCUT2D eigenvalue weighted by molar-refractivity contribution is -0.384. The molecule has 0 aliphatic heterocycles. The van der Waals surface area contributed by atoms with E-state index in [0.29, 0.717) is 11.4 Å². The van der Waals surface area contributed by atoms with Crippen LogP contribution in [0.5, 0.6) is 5.75 Å². The molecule has 0 unspecified atom stereocenters. The Morgan fingerprint density at radius 1 is 1.21 bits per heavy atom. The molecule has 0 saturated heterocycles. The summed E-state index contributed by atoms with van der Waals surface area (Å²) in [6, 6.07) is 11.5. The number of methoxy groups -OCH3 is 1. The zero-order valence-corrected chi connectivity index (χ0v) is 15.8. The Hall–Kier alpha value is -3.62. The van der Waals surface area contributed by atoms with Crippen LogP contribution in [-0.4, -0.2) is 36.6 Å². The van der Waals surface area contributed by atoms with Crippen LogP contribution >= 0.6 is 0 Å². The Morgan fingerprint density at radius 2 is 1.97 bits per heavy atom. The summed E-state index contributed by atoms with van der Waals surface area (Å²) in [6.07, 6.45) is 1.93. The quantitative estimate of drug-likeness (QED) is 0.378. The molecular weight excluding hydrogens is 378 g/mol. The van der Waals surface area contributed by atoms with Crippen LogP contribution in [0.15, 0.2) is 42.5 Å². The molecule has 1 saturated carbocycles. The lowest BCUT2D eigenvalue weighted by Gasteiger charge is -2.10. The van der Waals surface area contributed by atoms with Gasteiger partial charge >= 0.3 is 5.97 Å². The Balaban J connectivity index is 1.55. The number of hydrogen-bond donors (Lipinski definition) is 2. The molecule has 0 atom stereocenters. The van der Waals surface area contributed by atoms with Crippen molar-refractivity contribution < 1.29 is 24.0 Å². The van der Waals surface area contributed by atoms with Gasteiger partial charge in [-0.15, -0.1) is 0 Å². The van der Waals surface area contributed by atoms with Crippen molar-refractivity contribution in [3.8, 4) is 5.75 Å². The summed E-state index contributed by atoms with van der Waals surface area (Å²) in [5, 5.41) is 17.0. The fourth-order valence-electron chi connectivity index (χ4n) is 2.69. The van der Waals surface area contributed by atoms with Gasteiger partial charge in [0, 0.05) is 24.2 Å². The fraction of sp³-hybridized carbons (Fsp3) is 0.300. The van der Waals surface area contributed by atoms with Gasteiger partial charge in [-0.3, -0.25) is 14.9 Å². The topological polar surface area (TPSA) is 120 Å². The van der Waals surface area contributed by atoms with Gasteiger partial charge in [0.1, 0.15) is 11.4 Å². The van der Waals surface area contributed by atoms with Gasteiger partial charge < -0.3 is 20.1 Å². The molecule has 1 aliphatic carbocycles. The predicted octanol–water partition coefficient (Wildman–Crippen LogP) is 2.65. The highest BCUT2D eigenvalue weighted by Crippen LogP contribution is 2.31. The van der Waals surface area contributed by atoms with Crippen LogP contribution in [-0.2, 0) is 16.1 Å². The zero-order valence-electron chi connectivity index (χ0n) is 15.8. The highest BCUT2D eigenvalue weighted by molar-refractivity contribution is 5.93. The number of esters is 1. The van der Waals surface area contributed by atoms with Crippen molar-refractivity contribution >= 4 is 23.3 Å². The molecule has 2 N–H and O–H groups in total. The third kappa shape index (κ3) is 5.44. The first kappa shape index (κ1) is 20.1. The molecule has 9 nitrogen and oxygen atoms in total. The van der Waals surface area contributed by atoms with Crippen molar-refractivity contribution in [3.63, 3.8) is 0 Å². The number of hydrogen-bond acceptors (Lipinski definition) is 7. The number of anilines is 1. The fourth-order valence-corrected chi connectivity index (χ4v) is 2.69. The third-order valence-corrected chi connectivity index (χ3v) is 4.37. The maximum absolute atomic E-state index is 12.2. The molecule has 0 bridgehead atoms. The number of amides is 1. The normalized spacial score (nSPS) is 12.7. The SMILES string of the molecule is COc1ccccc1CNC(=O)COC(=O)c1ccc(NC2CC2)c([N+](=O)[O-])c1. The van der Waals surface area contributed by atoms with E-state index in [9.17, 15) is 19.7 Å². The summed E-state index contributed by atoms with van der Waals surface area (Å²) in [6.45, 7) is -0.280. The van der Waals surface area contributed by atoms with Crippen LogP contribution in [0.25, 0.3) is 0 Å². The maximum atomic E-state index is 12.2. The van der Waals surface area contributed by atoms with E-state index >= 15 is 0 Å². The first-order valence-electron chi connectivity index (χ1n) is 9.08. The average molecular weight is 399 g/mol. The van der Waals surface area contributed by atoms with Crippen LogP contribution in [0.3, 0.4) is 0 Å². The summed E-state index contributed by atoms with van der Waals surface area (Å²) in [7, 11) is 1.53. The monoisotopic (exact) mass is 399 g/mol. The van der Waals surface area contributed by atoms with E-state index in [1.165, 1.54) is 19.2 Å². The summed E-state index contributed by atoms with van der Waals surface area (Å²) >= 11 is 0. The summed E-state index contributed by atoms with van der Waals surface area (Å²) in [5.41, 5.74) is 0.954. The predicted molar refractivity (Wildman–Crippen MR) is 105 cm³/mol. The molecule has 0 aromatic heterocycles. The van der Waals surface area contributed by atoms with Gasteiger partial charge in [0.25, 0.3) is 11.6 Å². The number of carbonyl (C=O) groups is 2. The van der Waals surface area contributed by atoms with E-state index < -0.39 is 23.4 Å². The second-order valence-electron chi connectivity index (χ2n) is 6.57. The van der Waals surface area contributed by atoms with Crippen molar-refractivity contribution in [2.75, 3.05) is 19.0 Å². The largest absolute Gasteiger partial charge is 0.496 e. The van der Waals surface area contributed by atoms with E-state index in [2.05, 4.69) is 10.6 Å². The van der Waals surface area contributed by atoms with Gasteiger partial charge in [0.2, 0.25) is 0 Å². The summed E-state index contributed by atoms with van der Waals surface area (Å²) in [4.78, 5) is 34.9. The van der Waals surface area contributed by atoms with Crippen molar-refractivity contribution in [2.45, 2.75) is 25.4 Å². The number of ether oxygens (including phenoxy) is 2. The number of nitrogens with zero attached hydrogens (tertiary/aromatic N) is 1. The van der Waals surface area contributed by atoms with Crippen LogP contribution in [0.4, 0.5) is 11.4 Å². The molecular formula is C20H21N3O6. The van der Waals surface area contributed by atoms with Gasteiger partial charge in [-0.25, -0.2) is 4.79 Å². The van der Waals surface area contributed by atoms with Gasteiger partial charge in [-0.05, 0) is 31.0 Å². The average Bonchev–Trinajstić information content (AvgIpc) is 3.54. The van der Waals surface area contributed by atoms with Gasteiger partial charge in [-0.2, -0.15) is 0 Å². The van der Waals surface area contributed by atoms with E-state index in [-0.39, 0.29) is 23.8 Å². The number of benzene rings is 2. The second-order valence-corrected chi connectivity index (χ2v) is 6.57.